The van der Waals surface area contributed by atoms with Gasteiger partial charge in [-0.3, -0.25) is 0 Å². The molecule has 2 aliphatic rings. The number of piperidine rings is 2. The van der Waals surface area contributed by atoms with Crippen LogP contribution in [-0.2, 0) is 0 Å². The van der Waals surface area contributed by atoms with Gasteiger partial charge in [0, 0.05) is 25.7 Å². The molecule has 2 heteroatoms. The predicted molar refractivity (Wildman–Crippen MR) is 60.0 cm³/mol. The highest BCUT2D eigenvalue weighted by Gasteiger charge is 2.27. The van der Waals surface area contributed by atoms with Gasteiger partial charge < -0.3 is 0 Å². The van der Waals surface area contributed by atoms with Gasteiger partial charge in [-0.2, -0.15) is 0 Å². The molecule has 0 aromatic heterocycles. The Morgan fingerprint density at radius 3 is 2.50 bits per heavy atom. The van der Waals surface area contributed by atoms with Crippen LogP contribution in [0, 0.1) is 5.92 Å². The number of hydrogen-bond donors (Lipinski definition) is 0. The van der Waals surface area contributed by atoms with Crippen LogP contribution in [0.2, 0.25) is 0 Å². The number of hydrogen-bond acceptors (Lipinski definition) is 2. The normalized spacial score (nSPS) is 37.3. The molecule has 0 aromatic rings. The van der Waals surface area contributed by atoms with Crippen LogP contribution in [0.15, 0.2) is 0 Å². The third-order valence-corrected chi connectivity index (χ3v) is 3.77. The molecule has 2 rings (SSSR count). The second-order valence-electron chi connectivity index (χ2n) is 5.17. The molecule has 0 saturated carbocycles. The van der Waals surface area contributed by atoms with Gasteiger partial charge in [0.25, 0.3) is 0 Å². The highest BCUT2D eigenvalue weighted by molar-refractivity contribution is 4.75. The van der Waals surface area contributed by atoms with Crippen molar-refractivity contribution in [1.29, 1.82) is 0 Å². The van der Waals surface area contributed by atoms with E-state index in [4.69, 9.17) is 0 Å². The maximum atomic E-state index is 2.64. The van der Waals surface area contributed by atoms with Crippen LogP contribution in [0.4, 0.5) is 0 Å². The van der Waals surface area contributed by atoms with E-state index in [0.29, 0.717) is 0 Å². The van der Waals surface area contributed by atoms with E-state index >= 15 is 0 Å². The summed E-state index contributed by atoms with van der Waals surface area (Å²) in [5, 5.41) is 5.26. The maximum absolute atomic E-state index is 2.64. The second-order valence-corrected chi connectivity index (χ2v) is 5.17. The maximum Gasteiger partial charge on any atom is 0.0217 e. The molecule has 2 saturated heterocycles. The van der Waals surface area contributed by atoms with Gasteiger partial charge >= 0.3 is 0 Å². The largest absolute Gasteiger partial charge is 0.241 e. The van der Waals surface area contributed by atoms with E-state index in [-0.39, 0.29) is 0 Å². The molecule has 2 nitrogen and oxygen atoms in total. The molecule has 2 fully saturated rings. The SMILES string of the molecule is CC1CCCN(N2CCCCC2C)C1. The molecule has 0 N–H and O–H groups in total. The summed E-state index contributed by atoms with van der Waals surface area (Å²) in [5.41, 5.74) is 0. The zero-order chi connectivity index (χ0) is 9.97. The molecular weight excluding hydrogens is 172 g/mol. The Hall–Kier alpha value is -0.0800. The van der Waals surface area contributed by atoms with Crippen LogP contribution in [0.1, 0.15) is 46.0 Å². The van der Waals surface area contributed by atoms with E-state index in [1.54, 1.807) is 0 Å². The first kappa shape index (κ1) is 10.4. The summed E-state index contributed by atoms with van der Waals surface area (Å²) >= 11 is 0. The van der Waals surface area contributed by atoms with Crippen molar-refractivity contribution in [3.05, 3.63) is 0 Å². The van der Waals surface area contributed by atoms with Gasteiger partial charge in [0.2, 0.25) is 0 Å². The molecular formula is C12H24N2. The monoisotopic (exact) mass is 196 g/mol. The van der Waals surface area contributed by atoms with Crippen LogP contribution in [-0.4, -0.2) is 35.7 Å². The van der Waals surface area contributed by atoms with Gasteiger partial charge in [0.15, 0.2) is 0 Å². The zero-order valence-corrected chi connectivity index (χ0v) is 9.71. The van der Waals surface area contributed by atoms with Gasteiger partial charge in [-0.1, -0.05) is 13.3 Å². The van der Waals surface area contributed by atoms with Crippen molar-refractivity contribution in [3.63, 3.8) is 0 Å². The molecule has 14 heavy (non-hydrogen) atoms. The van der Waals surface area contributed by atoms with E-state index in [1.165, 1.54) is 51.7 Å². The fourth-order valence-corrected chi connectivity index (χ4v) is 2.90. The minimum absolute atomic E-state index is 0.786. The van der Waals surface area contributed by atoms with Gasteiger partial charge in [-0.25, -0.2) is 10.0 Å². The average molecular weight is 196 g/mol. The van der Waals surface area contributed by atoms with Crippen molar-refractivity contribution >= 4 is 0 Å². The first-order valence-electron chi connectivity index (χ1n) is 6.29. The Labute approximate surface area is 88.2 Å². The van der Waals surface area contributed by atoms with Gasteiger partial charge in [-0.05, 0) is 38.5 Å². The molecule has 0 bridgehead atoms. The topological polar surface area (TPSA) is 6.48 Å². The van der Waals surface area contributed by atoms with Gasteiger partial charge in [0.1, 0.15) is 0 Å². The van der Waals surface area contributed by atoms with E-state index in [1.807, 2.05) is 0 Å². The minimum Gasteiger partial charge on any atom is -0.241 e. The average Bonchev–Trinajstić information content (AvgIpc) is 2.18. The number of hydrazine groups is 1. The molecule has 82 valence electrons. The first-order chi connectivity index (χ1) is 6.77. The van der Waals surface area contributed by atoms with Crippen molar-refractivity contribution in [3.8, 4) is 0 Å². The number of rotatable bonds is 1. The highest BCUT2D eigenvalue weighted by atomic mass is 15.6. The molecule has 0 spiro atoms. The van der Waals surface area contributed by atoms with E-state index < -0.39 is 0 Å². The zero-order valence-electron chi connectivity index (χ0n) is 9.71. The van der Waals surface area contributed by atoms with E-state index in [0.717, 1.165) is 12.0 Å². The fraction of sp³-hybridized carbons (Fsp3) is 1.00. The van der Waals surface area contributed by atoms with Crippen molar-refractivity contribution < 1.29 is 0 Å². The summed E-state index contributed by atoms with van der Waals surface area (Å²) in [7, 11) is 0. The van der Waals surface area contributed by atoms with Crippen molar-refractivity contribution in [2.45, 2.75) is 52.0 Å². The Kier molecular flexibility index (Phi) is 3.45. The van der Waals surface area contributed by atoms with Crippen LogP contribution in [0.5, 0.6) is 0 Å². The standard InChI is InChI=1S/C12H24N2/c1-11-6-5-8-13(10-11)14-9-4-3-7-12(14)2/h11-12H,3-10H2,1-2H3. The van der Waals surface area contributed by atoms with Crippen LogP contribution in [0.25, 0.3) is 0 Å². The Balaban J connectivity index is 1.91. The lowest BCUT2D eigenvalue weighted by Crippen LogP contribution is -2.53. The number of nitrogens with zero attached hydrogens (tertiary/aromatic N) is 2. The van der Waals surface area contributed by atoms with Crippen molar-refractivity contribution in [2.24, 2.45) is 5.92 Å². The Morgan fingerprint density at radius 2 is 1.79 bits per heavy atom. The van der Waals surface area contributed by atoms with E-state index in [9.17, 15) is 0 Å². The first-order valence-corrected chi connectivity index (χ1v) is 6.29. The lowest BCUT2D eigenvalue weighted by atomic mass is 10.0. The molecule has 2 unspecified atom stereocenters. The molecule has 0 amide bonds. The fourth-order valence-electron chi connectivity index (χ4n) is 2.90. The quantitative estimate of drug-likeness (QED) is 0.636. The summed E-state index contributed by atoms with van der Waals surface area (Å²) in [4.78, 5) is 0. The molecule has 2 aliphatic heterocycles. The molecule has 0 aromatic carbocycles. The van der Waals surface area contributed by atoms with Gasteiger partial charge in [-0.15, -0.1) is 0 Å². The molecule has 2 atom stereocenters. The highest BCUT2D eigenvalue weighted by Crippen LogP contribution is 2.23. The summed E-state index contributed by atoms with van der Waals surface area (Å²) in [5.74, 6) is 0.901. The summed E-state index contributed by atoms with van der Waals surface area (Å²) < 4.78 is 0. The lowest BCUT2D eigenvalue weighted by molar-refractivity contribution is -0.0933. The smallest absolute Gasteiger partial charge is 0.0217 e. The summed E-state index contributed by atoms with van der Waals surface area (Å²) in [6.45, 7) is 8.67. The molecule has 0 aliphatic carbocycles. The van der Waals surface area contributed by atoms with Crippen LogP contribution >= 0.6 is 0 Å². The molecule has 0 radical (unpaired) electrons. The summed E-state index contributed by atoms with van der Waals surface area (Å²) in [6.07, 6.45) is 7.05. The van der Waals surface area contributed by atoms with Crippen molar-refractivity contribution in [2.75, 3.05) is 19.6 Å². The second kappa shape index (κ2) is 4.63. The van der Waals surface area contributed by atoms with Crippen LogP contribution in [0.3, 0.4) is 0 Å². The Bertz CT molecular complexity index is 181. The lowest BCUT2D eigenvalue weighted by Gasteiger charge is -2.45. The van der Waals surface area contributed by atoms with E-state index in [2.05, 4.69) is 23.9 Å². The minimum atomic E-state index is 0.786. The summed E-state index contributed by atoms with van der Waals surface area (Å²) in [6, 6.07) is 0.786. The third kappa shape index (κ3) is 2.29. The van der Waals surface area contributed by atoms with Crippen LogP contribution < -0.4 is 0 Å². The van der Waals surface area contributed by atoms with Gasteiger partial charge in [0.05, 0.1) is 0 Å². The third-order valence-electron chi connectivity index (χ3n) is 3.77. The molecule has 2 heterocycles. The van der Waals surface area contributed by atoms with Crippen molar-refractivity contribution in [1.82, 2.24) is 10.0 Å². The predicted octanol–water partition coefficient (Wildman–Crippen LogP) is 2.51. The Morgan fingerprint density at radius 1 is 0.929 bits per heavy atom.